The molecule has 2 heterocycles. The molecule has 1 N–H and O–H groups in total. The van der Waals surface area contributed by atoms with Crippen LogP contribution in [-0.4, -0.2) is 21.0 Å². The maximum atomic E-state index is 11.3. The predicted octanol–water partition coefficient (Wildman–Crippen LogP) is 2.76. The molecule has 3 aromatic rings. The van der Waals surface area contributed by atoms with E-state index in [9.17, 15) is 9.59 Å². The van der Waals surface area contributed by atoms with Gasteiger partial charge < -0.3 is 4.57 Å². The van der Waals surface area contributed by atoms with Crippen LogP contribution in [0.2, 0.25) is 0 Å². The van der Waals surface area contributed by atoms with Gasteiger partial charge in [0.2, 0.25) is 0 Å². The summed E-state index contributed by atoms with van der Waals surface area (Å²) < 4.78 is 6.53. The number of rotatable bonds is 4. The number of fused-ring (bicyclic) bond motifs is 1. The molecule has 0 bridgehead atoms. The molecule has 0 unspecified atom stereocenters. The summed E-state index contributed by atoms with van der Waals surface area (Å²) in [5, 5.41) is 4.49. The zero-order valence-electron chi connectivity index (χ0n) is 12.3. The maximum Gasteiger partial charge on any atom is 0.439 e. The summed E-state index contributed by atoms with van der Waals surface area (Å²) in [6, 6.07) is 5.57. The van der Waals surface area contributed by atoms with Crippen molar-refractivity contribution >= 4 is 17.2 Å². The molecule has 1 aromatic carbocycles. The molecule has 0 saturated heterocycles. The van der Waals surface area contributed by atoms with Gasteiger partial charge in [-0.05, 0) is 32.0 Å². The molecule has 0 aliphatic heterocycles. The van der Waals surface area contributed by atoms with Gasteiger partial charge in [-0.25, -0.2) is 4.79 Å². The van der Waals surface area contributed by atoms with Crippen LogP contribution in [0.15, 0.2) is 45.4 Å². The van der Waals surface area contributed by atoms with Gasteiger partial charge >= 0.3 is 5.76 Å². The molecular formula is C16H15N3O3. The molecule has 0 amide bonds. The van der Waals surface area contributed by atoms with Crippen molar-refractivity contribution in [3.05, 3.63) is 52.2 Å². The Kier molecular flexibility index (Phi) is 3.50. The number of hydrogen-bond acceptors (Lipinski definition) is 4. The van der Waals surface area contributed by atoms with E-state index < -0.39 is 5.76 Å². The zero-order chi connectivity index (χ0) is 15.7. The summed E-state index contributed by atoms with van der Waals surface area (Å²) in [7, 11) is 0. The van der Waals surface area contributed by atoms with Crippen LogP contribution in [0.3, 0.4) is 0 Å². The lowest BCUT2D eigenvalue weighted by Gasteiger charge is -2.03. The van der Waals surface area contributed by atoms with Crippen LogP contribution in [0.5, 0.6) is 0 Å². The van der Waals surface area contributed by atoms with Gasteiger partial charge in [-0.1, -0.05) is 16.8 Å². The van der Waals surface area contributed by atoms with Crippen molar-refractivity contribution in [1.82, 2.24) is 14.7 Å². The molecule has 0 radical (unpaired) electrons. The van der Waals surface area contributed by atoms with Crippen molar-refractivity contribution in [1.29, 1.82) is 0 Å². The minimum Gasteiger partial charge on any atom is -0.343 e. The highest BCUT2D eigenvalue weighted by Gasteiger charge is 2.11. The second kappa shape index (κ2) is 5.48. The highest BCUT2D eigenvalue weighted by Crippen LogP contribution is 2.25. The summed E-state index contributed by atoms with van der Waals surface area (Å²) in [6.45, 7) is 4.77. The van der Waals surface area contributed by atoms with Gasteiger partial charge in [-0.15, -0.1) is 0 Å². The highest BCUT2D eigenvalue weighted by atomic mass is 16.5. The van der Waals surface area contributed by atoms with E-state index in [1.807, 2.05) is 42.8 Å². The van der Waals surface area contributed by atoms with Gasteiger partial charge in [-0.2, -0.15) is 0 Å². The Morgan fingerprint density at radius 2 is 2.23 bits per heavy atom. The molecule has 3 rings (SSSR count). The Morgan fingerprint density at radius 3 is 2.86 bits per heavy atom. The van der Waals surface area contributed by atoms with Crippen molar-refractivity contribution in [2.75, 3.05) is 0 Å². The van der Waals surface area contributed by atoms with Crippen LogP contribution in [0.25, 0.3) is 22.3 Å². The summed E-state index contributed by atoms with van der Waals surface area (Å²) in [5.41, 5.74) is 3.46. The molecule has 22 heavy (non-hydrogen) atoms. The first-order valence-corrected chi connectivity index (χ1v) is 6.86. The van der Waals surface area contributed by atoms with E-state index in [0.717, 1.165) is 17.2 Å². The average molecular weight is 297 g/mol. The predicted molar refractivity (Wildman–Crippen MR) is 82.9 cm³/mol. The van der Waals surface area contributed by atoms with Crippen LogP contribution in [0.4, 0.5) is 0 Å². The molecule has 0 atom stereocenters. The fourth-order valence-corrected chi connectivity index (χ4v) is 2.35. The fraction of sp³-hybridized carbons (Fsp3) is 0.188. The zero-order valence-corrected chi connectivity index (χ0v) is 12.3. The van der Waals surface area contributed by atoms with E-state index in [-0.39, 0.29) is 0 Å². The Labute approximate surface area is 126 Å². The Hall–Kier alpha value is -2.89. The molecule has 0 fully saturated rings. The van der Waals surface area contributed by atoms with E-state index in [1.165, 1.54) is 5.57 Å². The number of nitrogens with zero attached hydrogens (tertiary/aromatic N) is 2. The van der Waals surface area contributed by atoms with E-state index in [0.29, 0.717) is 23.5 Å². The van der Waals surface area contributed by atoms with Gasteiger partial charge in [0, 0.05) is 34.8 Å². The molecule has 6 heteroatoms. The maximum absolute atomic E-state index is 11.3. The van der Waals surface area contributed by atoms with Crippen molar-refractivity contribution in [3.8, 4) is 11.4 Å². The van der Waals surface area contributed by atoms with Gasteiger partial charge in [0.25, 0.3) is 0 Å². The summed E-state index contributed by atoms with van der Waals surface area (Å²) in [4.78, 5) is 24.9. The number of aromatic nitrogens is 3. The van der Waals surface area contributed by atoms with Crippen LogP contribution in [-0.2, 0) is 6.54 Å². The molecule has 2 aromatic heterocycles. The second-order valence-corrected chi connectivity index (χ2v) is 5.31. The number of benzene rings is 1. The van der Waals surface area contributed by atoms with E-state index >= 15 is 0 Å². The molecule has 0 aliphatic rings. The Morgan fingerprint density at radius 1 is 1.41 bits per heavy atom. The number of carbonyl (C=O) groups is 1. The third-order valence-corrected chi connectivity index (χ3v) is 3.45. The van der Waals surface area contributed by atoms with Crippen molar-refractivity contribution in [2.45, 2.75) is 20.4 Å². The Balaban J connectivity index is 2.13. The first kappa shape index (κ1) is 14.1. The summed E-state index contributed by atoms with van der Waals surface area (Å²) in [6.07, 6.45) is 4.75. The summed E-state index contributed by atoms with van der Waals surface area (Å²) >= 11 is 0. The molecule has 0 saturated carbocycles. The van der Waals surface area contributed by atoms with Crippen molar-refractivity contribution in [3.63, 3.8) is 0 Å². The van der Waals surface area contributed by atoms with E-state index in [2.05, 4.69) is 20.7 Å². The first-order valence-electron chi connectivity index (χ1n) is 6.86. The minimum absolute atomic E-state index is 0.348. The van der Waals surface area contributed by atoms with Crippen LogP contribution >= 0.6 is 0 Å². The van der Waals surface area contributed by atoms with Crippen molar-refractivity contribution in [2.24, 2.45) is 0 Å². The van der Waals surface area contributed by atoms with E-state index in [1.54, 1.807) is 0 Å². The van der Waals surface area contributed by atoms with Gasteiger partial charge in [0.05, 0.1) is 0 Å². The topological polar surface area (TPSA) is 80.9 Å². The SMILES string of the molecule is CC(C)=CCn1cc(C=O)c2cc(-c3noc(=O)[nH]3)ccc21. The lowest BCUT2D eigenvalue weighted by Crippen LogP contribution is -1.95. The number of aldehydes is 1. The molecule has 0 spiro atoms. The van der Waals surface area contributed by atoms with Gasteiger partial charge in [0.1, 0.15) is 0 Å². The number of H-pyrrole nitrogens is 1. The quantitative estimate of drug-likeness (QED) is 0.593. The van der Waals surface area contributed by atoms with Crippen LogP contribution < -0.4 is 5.76 Å². The lowest BCUT2D eigenvalue weighted by molar-refractivity contribution is 0.112. The third-order valence-electron chi connectivity index (χ3n) is 3.45. The molecule has 112 valence electrons. The monoisotopic (exact) mass is 297 g/mol. The second-order valence-electron chi connectivity index (χ2n) is 5.31. The number of aromatic amines is 1. The number of allylic oxidation sites excluding steroid dienone is 2. The minimum atomic E-state index is -0.605. The first-order chi connectivity index (χ1) is 10.6. The molecule has 0 aliphatic carbocycles. The number of carbonyl (C=O) groups excluding carboxylic acids is 1. The van der Waals surface area contributed by atoms with Gasteiger partial charge in [-0.3, -0.25) is 14.3 Å². The van der Waals surface area contributed by atoms with Crippen LogP contribution in [0, 0.1) is 0 Å². The smallest absolute Gasteiger partial charge is 0.343 e. The lowest BCUT2D eigenvalue weighted by atomic mass is 10.1. The largest absolute Gasteiger partial charge is 0.439 e. The number of hydrogen-bond donors (Lipinski definition) is 1. The van der Waals surface area contributed by atoms with E-state index in [4.69, 9.17) is 0 Å². The average Bonchev–Trinajstić information content (AvgIpc) is 3.08. The Bertz CT molecular complexity index is 924. The molecular weight excluding hydrogens is 282 g/mol. The highest BCUT2D eigenvalue weighted by molar-refractivity contribution is 5.99. The number of nitrogens with one attached hydrogen (secondary N) is 1. The normalized spacial score (nSPS) is 10.8. The third kappa shape index (κ3) is 2.50. The fourth-order valence-electron chi connectivity index (χ4n) is 2.35. The van der Waals surface area contributed by atoms with Gasteiger partial charge in [0.15, 0.2) is 12.1 Å². The van der Waals surface area contributed by atoms with Crippen LogP contribution in [0.1, 0.15) is 24.2 Å². The summed E-state index contributed by atoms with van der Waals surface area (Å²) in [5.74, 6) is -0.257. The van der Waals surface area contributed by atoms with Crippen molar-refractivity contribution < 1.29 is 9.32 Å². The molecule has 6 nitrogen and oxygen atoms in total. The standard InChI is InChI=1S/C16H15N3O3/c1-10(2)5-6-19-8-12(9-20)13-7-11(3-4-14(13)19)15-17-16(21)22-18-15/h3-5,7-9H,6H2,1-2H3,(H,17,18,21).